The maximum absolute atomic E-state index is 3.28. The second kappa shape index (κ2) is 5.01. The molecule has 0 radical (unpaired) electrons. The second-order valence-electron chi connectivity index (χ2n) is 3.93. The third kappa shape index (κ3) is 2.41. The molecule has 0 fully saturated rings. The molecular formula is C14H21N. The molecule has 0 spiro atoms. The molecule has 1 aromatic heterocycles. The minimum atomic E-state index is 0.605. The minimum absolute atomic E-state index is 0.605. The minimum Gasteiger partial charge on any atom is -0.361 e. The van der Waals surface area contributed by atoms with Crippen LogP contribution in [0.25, 0.3) is 10.9 Å². The van der Waals surface area contributed by atoms with Crippen LogP contribution < -0.4 is 0 Å². The van der Waals surface area contributed by atoms with Crippen LogP contribution in [0.15, 0.2) is 24.4 Å². The highest BCUT2D eigenvalue weighted by Gasteiger charge is 2.02. The standard InChI is InChI=1S/C12H15N.C2H6/c1-8(2)10-4-5-11-9(3)7-13-12(11)6-10;1-2/h4-8,13H,1-3H3;1-2H3. The van der Waals surface area contributed by atoms with Gasteiger partial charge in [-0.1, -0.05) is 39.8 Å². The summed E-state index contributed by atoms with van der Waals surface area (Å²) in [7, 11) is 0. The van der Waals surface area contributed by atoms with Crippen molar-refractivity contribution < 1.29 is 0 Å². The lowest BCUT2D eigenvalue weighted by Gasteiger charge is -2.04. The molecule has 1 nitrogen and oxygen atoms in total. The molecular weight excluding hydrogens is 182 g/mol. The number of aryl methyl sites for hydroxylation is 1. The van der Waals surface area contributed by atoms with Gasteiger partial charge in [0.05, 0.1) is 0 Å². The third-order valence-electron chi connectivity index (χ3n) is 2.58. The van der Waals surface area contributed by atoms with E-state index in [0.29, 0.717) is 5.92 Å². The first-order valence-electron chi connectivity index (χ1n) is 5.76. The van der Waals surface area contributed by atoms with Crippen LogP contribution in [0.4, 0.5) is 0 Å². The average molecular weight is 203 g/mol. The Bertz CT molecular complexity index is 424. The smallest absolute Gasteiger partial charge is 0.0459 e. The zero-order valence-electron chi connectivity index (χ0n) is 10.4. The number of benzene rings is 1. The van der Waals surface area contributed by atoms with Crippen LogP contribution in [0.5, 0.6) is 0 Å². The van der Waals surface area contributed by atoms with Crippen LogP contribution >= 0.6 is 0 Å². The first-order valence-corrected chi connectivity index (χ1v) is 5.76. The van der Waals surface area contributed by atoms with Gasteiger partial charge in [-0.25, -0.2) is 0 Å². The normalized spacial score (nSPS) is 10.3. The number of aromatic nitrogens is 1. The summed E-state index contributed by atoms with van der Waals surface area (Å²) in [6.07, 6.45) is 2.06. The van der Waals surface area contributed by atoms with E-state index in [-0.39, 0.29) is 0 Å². The molecule has 0 bridgehead atoms. The van der Waals surface area contributed by atoms with Gasteiger partial charge in [-0.15, -0.1) is 0 Å². The fourth-order valence-electron chi connectivity index (χ4n) is 1.65. The lowest BCUT2D eigenvalue weighted by molar-refractivity contribution is 0.868. The zero-order chi connectivity index (χ0) is 11.4. The van der Waals surface area contributed by atoms with Crippen LogP contribution in [-0.2, 0) is 0 Å². The van der Waals surface area contributed by atoms with E-state index in [1.54, 1.807) is 0 Å². The van der Waals surface area contributed by atoms with Gasteiger partial charge in [0.25, 0.3) is 0 Å². The lowest BCUT2D eigenvalue weighted by Crippen LogP contribution is -1.85. The summed E-state index contributed by atoms with van der Waals surface area (Å²) in [5.41, 5.74) is 3.98. The fraction of sp³-hybridized carbons (Fsp3) is 0.429. The summed E-state index contributed by atoms with van der Waals surface area (Å²) in [6, 6.07) is 6.66. The van der Waals surface area contributed by atoms with E-state index in [1.165, 1.54) is 22.0 Å². The van der Waals surface area contributed by atoms with Crippen molar-refractivity contribution in [3.8, 4) is 0 Å². The van der Waals surface area contributed by atoms with Gasteiger partial charge in [-0.2, -0.15) is 0 Å². The van der Waals surface area contributed by atoms with E-state index >= 15 is 0 Å². The largest absolute Gasteiger partial charge is 0.361 e. The summed E-state index contributed by atoms with van der Waals surface area (Å²) in [6.45, 7) is 10.6. The number of nitrogens with one attached hydrogen (secondary N) is 1. The summed E-state index contributed by atoms with van der Waals surface area (Å²) in [5.74, 6) is 0.605. The molecule has 15 heavy (non-hydrogen) atoms. The van der Waals surface area contributed by atoms with Crippen molar-refractivity contribution in [2.24, 2.45) is 0 Å². The Hall–Kier alpha value is -1.24. The molecule has 0 aliphatic heterocycles. The predicted molar refractivity (Wildman–Crippen MR) is 68.5 cm³/mol. The van der Waals surface area contributed by atoms with Gasteiger partial charge < -0.3 is 4.98 Å². The number of hydrogen-bond acceptors (Lipinski definition) is 0. The van der Waals surface area contributed by atoms with Gasteiger partial charge in [-0.3, -0.25) is 0 Å². The highest BCUT2D eigenvalue weighted by molar-refractivity contribution is 5.83. The van der Waals surface area contributed by atoms with E-state index in [9.17, 15) is 0 Å². The highest BCUT2D eigenvalue weighted by atomic mass is 14.7. The molecule has 1 heteroatoms. The summed E-state index contributed by atoms with van der Waals surface area (Å²) < 4.78 is 0. The monoisotopic (exact) mass is 203 g/mol. The third-order valence-corrected chi connectivity index (χ3v) is 2.58. The molecule has 2 rings (SSSR count). The summed E-state index contributed by atoms with van der Waals surface area (Å²) in [4.78, 5) is 3.28. The Balaban J connectivity index is 0.000000531. The molecule has 0 saturated heterocycles. The van der Waals surface area contributed by atoms with Gasteiger partial charge in [0.1, 0.15) is 0 Å². The van der Waals surface area contributed by atoms with Crippen LogP contribution in [0, 0.1) is 6.92 Å². The topological polar surface area (TPSA) is 15.8 Å². The molecule has 2 aromatic rings. The summed E-state index contributed by atoms with van der Waals surface area (Å²) in [5, 5.41) is 1.34. The SMILES string of the molecule is CC.Cc1c[nH]c2cc(C(C)C)ccc12. The molecule has 0 unspecified atom stereocenters. The maximum atomic E-state index is 3.28. The van der Waals surface area contributed by atoms with Crippen molar-refractivity contribution in [3.05, 3.63) is 35.5 Å². The molecule has 82 valence electrons. The molecule has 1 heterocycles. The van der Waals surface area contributed by atoms with E-state index < -0.39 is 0 Å². The Labute approximate surface area is 92.5 Å². The van der Waals surface area contributed by atoms with E-state index in [4.69, 9.17) is 0 Å². The molecule has 0 saturated carbocycles. The first-order chi connectivity index (χ1) is 7.18. The van der Waals surface area contributed by atoms with Crippen LogP contribution in [0.3, 0.4) is 0 Å². The van der Waals surface area contributed by atoms with Gasteiger partial charge >= 0.3 is 0 Å². The number of H-pyrrole nitrogens is 1. The van der Waals surface area contributed by atoms with E-state index in [0.717, 1.165) is 0 Å². The number of fused-ring (bicyclic) bond motifs is 1. The van der Waals surface area contributed by atoms with Crippen molar-refractivity contribution in [1.29, 1.82) is 0 Å². The number of aromatic amines is 1. The Morgan fingerprint density at radius 1 is 1.13 bits per heavy atom. The van der Waals surface area contributed by atoms with Crippen molar-refractivity contribution in [2.75, 3.05) is 0 Å². The van der Waals surface area contributed by atoms with Crippen molar-refractivity contribution in [1.82, 2.24) is 4.98 Å². The molecule has 0 aliphatic rings. The molecule has 1 aromatic carbocycles. The number of hydrogen-bond donors (Lipinski definition) is 1. The van der Waals surface area contributed by atoms with Gasteiger partial charge in [0.15, 0.2) is 0 Å². The molecule has 0 amide bonds. The maximum Gasteiger partial charge on any atom is 0.0459 e. The Morgan fingerprint density at radius 3 is 2.40 bits per heavy atom. The molecule has 0 aliphatic carbocycles. The molecule has 0 atom stereocenters. The van der Waals surface area contributed by atoms with E-state index in [2.05, 4.69) is 50.2 Å². The zero-order valence-corrected chi connectivity index (χ0v) is 10.4. The van der Waals surface area contributed by atoms with Crippen molar-refractivity contribution >= 4 is 10.9 Å². The van der Waals surface area contributed by atoms with Crippen LogP contribution in [-0.4, -0.2) is 4.98 Å². The Morgan fingerprint density at radius 2 is 1.80 bits per heavy atom. The van der Waals surface area contributed by atoms with Crippen LogP contribution in [0.2, 0.25) is 0 Å². The molecule has 1 N–H and O–H groups in total. The van der Waals surface area contributed by atoms with Gasteiger partial charge in [0.2, 0.25) is 0 Å². The quantitative estimate of drug-likeness (QED) is 0.695. The van der Waals surface area contributed by atoms with Crippen molar-refractivity contribution in [2.45, 2.75) is 40.5 Å². The highest BCUT2D eigenvalue weighted by Crippen LogP contribution is 2.22. The van der Waals surface area contributed by atoms with Crippen LogP contribution in [0.1, 0.15) is 44.7 Å². The van der Waals surface area contributed by atoms with E-state index in [1.807, 2.05) is 13.8 Å². The predicted octanol–water partition coefficient (Wildman–Crippen LogP) is 4.63. The average Bonchev–Trinajstić information content (AvgIpc) is 2.63. The second-order valence-corrected chi connectivity index (χ2v) is 3.93. The van der Waals surface area contributed by atoms with Gasteiger partial charge in [0, 0.05) is 17.1 Å². The van der Waals surface area contributed by atoms with Crippen molar-refractivity contribution in [3.63, 3.8) is 0 Å². The Kier molecular flexibility index (Phi) is 3.96. The fourth-order valence-corrected chi connectivity index (χ4v) is 1.65. The first kappa shape index (κ1) is 11.8. The summed E-state index contributed by atoms with van der Waals surface area (Å²) >= 11 is 0. The lowest BCUT2D eigenvalue weighted by atomic mass is 10.0. The number of rotatable bonds is 1. The van der Waals surface area contributed by atoms with Gasteiger partial charge in [-0.05, 0) is 30.0 Å².